The summed E-state index contributed by atoms with van der Waals surface area (Å²) >= 11 is 1.86. The number of piperazine rings is 1. The molecule has 0 bridgehead atoms. The lowest BCUT2D eigenvalue weighted by Gasteiger charge is -2.37. The molecule has 1 fully saturated rings. The molecule has 0 saturated carbocycles. The molecule has 2 aliphatic heterocycles. The van der Waals surface area contributed by atoms with Gasteiger partial charge in [0, 0.05) is 50.6 Å². The number of likely N-dealkylation sites (N-methyl/N-ethyl adjacent to an activating group) is 1. The van der Waals surface area contributed by atoms with Gasteiger partial charge in [-0.05, 0) is 36.9 Å². The molecule has 35 heavy (non-hydrogen) atoms. The molecule has 4 heterocycles. The Morgan fingerprint density at radius 1 is 1.03 bits per heavy atom. The highest BCUT2D eigenvalue weighted by atomic mass is 32.1. The molecule has 0 N–H and O–H groups in total. The van der Waals surface area contributed by atoms with Crippen LogP contribution in [0.1, 0.15) is 61.4 Å². The molecule has 1 aromatic carbocycles. The molecular weight excluding hydrogens is 454 g/mol. The van der Waals surface area contributed by atoms with Crippen molar-refractivity contribution >= 4 is 33.3 Å². The van der Waals surface area contributed by atoms with Crippen molar-refractivity contribution in [2.75, 3.05) is 44.2 Å². The van der Waals surface area contributed by atoms with Gasteiger partial charge in [-0.2, -0.15) is 0 Å². The summed E-state index contributed by atoms with van der Waals surface area (Å²) in [5, 5.41) is 1.27. The van der Waals surface area contributed by atoms with Gasteiger partial charge in [0.05, 0.1) is 11.3 Å². The first-order chi connectivity index (χ1) is 17.1. The van der Waals surface area contributed by atoms with E-state index >= 15 is 0 Å². The lowest BCUT2D eigenvalue weighted by atomic mass is 9.95. The predicted octanol–water partition coefficient (Wildman–Crippen LogP) is 4.86. The first kappa shape index (κ1) is 24.2. The molecule has 0 aliphatic carbocycles. The number of fused-ring (bicyclic) bond motifs is 3. The van der Waals surface area contributed by atoms with Gasteiger partial charge in [0.15, 0.2) is 0 Å². The fraction of sp³-hybridized carbons (Fsp3) is 0.536. The van der Waals surface area contributed by atoms with Gasteiger partial charge >= 0.3 is 0 Å². The van der Waals surface area contributed by atoms with E-state index in [9.17, 15) is 4.79 Å². The van der Waals surface area contributed by atoms with Crippen LogP contribution in [0.2, 0.25) is 0 Å². The summed E-state index contributed by atoms with van der Waals surface area (Å²) in [5.41, 5.74) is 2.58. The summed E-state index contributed by atoms with van der Waals surface area (Å²) in [4.78, 5) is 33.1. The zero-order chi connectivity index (χ0) is 24.4. The summed E-state index contributed by atoms with van der Waals surface area (Å²) in [6.45, 7) is 12.9. The summed E-state index contributed by atoms with van der Waals surface area (Å²) in [7, 11) is 0. The first-order valence-electron chi connectivity index (χ1n) is 13.2. The minimum absolute atomic E-state index is 0.0601. The Morgan fingerprint density at radius 2 is 1.80 bits per heavy atom. The number of aryl methyl sites for hydroxylation is 1. The second-order valence-corrected chi connectivity index (χ2v) is 10.8. The van der Waals surface area contributed by atoms with Crippen LogP contribution in [0.15, 0.2) is 30.3 Å². The SMILES string of the molecule is CCCc1nc(N2CCN(C(=O)C(CC)c3ccccc3)CC2)c2c3c(sc2n1)CN(CC)CC3. The Labute approximate surface area is 213 Å². The van der Waals surface area contributed by atoms with Crippen LogP contribution in [0.3, 0.4) is 0 Å². The van der Waals surface area contributed by atoms with Crippen molar-refractivity contribution in [1.82, 2.24) is 19.8 Å². The number of thiophene rings is 1. The third-order valence-electron chi connectivity index (χ3n) is 7.53. The van der Waals surface area contributed by atoms with E-state index in [-0.39, 0.29) is 11.8 Å². The van der Waals surface area contributed by atoms with Crippen LogP contribution in [-0.4, -0.2) is 64.9 Å². The number of rotatable bonds is 7. The predicted molar refractivity (Wildman–Crippen MR) is 144 cm³/mol. The minimum Gasteiger partial charge on any atom is -0.352 e. The fourth-order valence-electron chi connectivity index (χ4n) is 5.50. The number of amides is 1. The second-order valence-electron chi connectivity index (χ2n) is 9.70. The van der Waals surface area contributed by atoms with Gasteiger partial charge in [0.1, 0.15) is 16.5 Å². The van der Waals surface area contributed by atoms with Crippen molar-refractivity contribution in [2.24, 2.45) is 0 Å². The zero-order valence-corrected chi connectivity index (χ0v) is 22.1. The van der Waals surface area contributed by atoms with Gasteiger partial charge in [-0.3, -0.25) is 9.69 Å². The summed E-state index contributed by atoms with van der Waals surface area (Å²) in [5.74, 6) is 2.25. The molecule has 7 heteroatoms. The van der Waals surface area contributed by atoms with Crippen LogP contribution >= 0.6 is 11.3 Å². The van der Waals surface area contributed by atoms with Crippen LogP contribution in [0.4, 0.5) is 5.82 Å². The fourth-order valence-corrected chi connectivity index (χ4v) is 6.78. The van der Waals surface area contributed by atoms with E-state index in [1.807, 2.05) is 29.5 Å². The molecule has 6 nitrogen and oxygen atoms in total. The van der Waals surface area contributed by atoms with E-state index < -0.39 is 0 Å². The van der Waals surface area contributed by atoms with E-state index in [0.29, 0.717) is 0 Å². The molecule has 2 aliphatic rings. The third-order valence-corrected chi connectivity index (χ3v) is 8.64. The number of hydrogen-bond acceptors (Lipinski definition) is 6. The molecule has 0 radical (unpaired) electrons. The van der Waals surface area contributed by atoms with Crippen molar-refractivity contribution in [3.63, 3.8) is 0 Å². The van der Waals surface area contributed by atoms with E-state index in [0.717, 1.165) is 93.5 Å². The van der Waals surface area contributed by atoms with E-state index in [2.05, 4.69) is 47.6 Å². The average molecular weight is 492 g/mol. The Bertz CT molecular complexity index is 1170. The van der Waals surface area contributed by atoms with Crippen molar-refractivity contribution in [3.8, 4) is 0 Å². The van der Waals surface area contributed by atoms with Gasteiger partial charge in [-0.1, -0.05) is 51.1 Å². The number of hydrogen-bond donors (Lipinski definition) is 0. The van der Waals surface area contributed by atoms with E-state index in [1.165, 1.54) is 15.8 Å². The maximum Gasteiger partial charge on any atom is 0.230 e. The lowest BCUT2D eigenvalue weighted by molar-refractivity contribution is -0.133. The summed E-state index contributed by atoms with van der Waals surface area (Å²) in [6, 6.07) is 10.2. The van der Waals surface area contributed by atoms with Crippen LogP contribution < -0.4 is 4.90 Å². The summed E-state index contributed by atoms with van der Waals surface area (Å²) < 4.78 is 0. The highest BCUT2D eigenvalue weighted by Gasteiger charge is 2.30. The first-order valence-corrected chi connectivity index (χ1v) is 14.1. The molecule has 3 aromatic rings. The molecule has 5 rings (SSSR count). The Kier molecular flexibility index (Phi) is 7.35. The number of nitrogens with zero attached hydrogens (tertiary/aromatic N) is 5. The smallest absolute Gasteiger partial charge is 0.230 e. The van der Waals surface area contributed by atoms with Crippen LogP contribution in [0, 0.1) is 0 Å². The van der Waals surface area contributed by atoms with Gasteiger partial charge in [-0.25, -0.2) is 9.97 Å². The van der Waals surface area contributed by atoms with E-state index in [4.69, 9.17) is 9.97 Å². The maximum absolute atomic E-state index is 13.4. The summed E-state index contributed by atoms with van der Waals surface area (Å²) in [6.07, 6.45) is 3.84. The van der Waals surface area contributed by atoms with Crippen molar-refractivity contribution < 1.29 is 4.79 Å². The van der Waals surface area contributed by atoms with Gasteiger partial charge in [-0.15, -0.1) is 11.3 Å². The molecule has 0 spiro atoms. The minimum atomic E-state index is -0.0601. The maximum atomic E-state index is 13.4. The molecular formula is C28H37N5OS. The molecule has 1 unspecified atom stereocenters. The molecule has 1 amide bonds. The number of aromatic nitrogens is 2. The van der Waals surface area contributed by atoms with Gasteiger partial charge in [0.25, 0.3) is 0 Å². The average Bonchev–Trinajstić information content (AvgIpc) is 3.27. The quantitative estimate of drug-likeness (QED) is 0.472. The highest BCUT2D eigenvalue weighted by molar-refractivity contribution is 7.19. The van der Waals surface area contributed by atoms with Crippen LogP contribution in [0.5, 0.6) is 0 Å². The van der Waals surface area contributed by atoms with Crippen molar-refractivity contribution in [3.05, 3.63) is 52.2 Å². The number of carbonyl (C=O) groups is 1. The topological polar surface area (TPSA) is 52.6 Å². The molecule has 186 valence electrons. The van der Waals surface area contributed by atoms with Crippen molar-refractivity contribution in [1.29, 1.82) is 0 Å². The second kappa shape index (κ2) is 10.6. The zero-order valence-electron chi connectivity index (χ0n) is 21.3. The van der Waals surface area contributed by atoms with Gasteiger partial charge < -0.3 is 9.80 Å². The van der Waals surface area contributed by atoms with Crippen molar-refractivity contribution in [2.45, 2.75) is 58.9 Å². The normalized spacial score (nSPS) is 17.6. The largest absolute Gasteiger partial charge is 0.352 e. The Hall–Kier alpha value is -2.51. The van der Waals surface area contributed by atoms with Gasteiger partial charge in [0.2, 0.25) is 5.91 Å². The Morgan fingerprint density at radius 3 is 2.49 bits per heavy atom. The Balaban J connectivity index is 1.39. The monoisotopic (exact) mass is 491 g/mol. The number of benzene rings is 1. The molecule has 1 saturated heterocycles. The number of anilines is 1. The molecule has 2 aromatic heterocycles. The van der Waals surface area contributed by atoms with E-state index in [1.54, 1.807) is 0 Å². The lowest BCUT2D eigenvalue weighted by Crippen LogP contribution is -2.50. The molecule has 1 atom stereocenters. The van der Waals surface area contributed by atoms with Crippen LogP contribution in [-0.2, 0) is 24.2 Å². The number of carbonyl (C=O) groups excluding carboxylic acids is 1. The van der Waals surface area contributed by atoms with Crippen LogP contribution in [0.25, 0.3) is 10.2 Å². The standard InChI is InChI=1S/C28H37N5OS/c1-4-10-24-29-26(25-22-13-14-31(6-3)19-23(22)35-27(25)30-24)32-15-17-33(18-16-32)28(34)21(5-2)20-11-8-7-9-12-20/h7-9,11-12,21H,4-6,10,13-19H2,1-3H3. The highest BCUT2D eigenvalue weighted by Crippen LogP contribution is 2.39. The third kappa shape index (κ3) is 4.81.